The van der Waals surface area contributed by atoms with Gasteiger partial charge in [0.15, 0.2) is 0 Å². The Morgan fingerprint density at radius 2 is 1.73 bits per heavy atom. The summed E-state index contributed by atoms with van der Waals surface area (Å²) in [6, 6.07) is 15.1. The molecule has 48 heavy (non-hydrogen) atoms. The van der Waals surface area contributed by atoms with Gasteiger partial charge >= 0.3 is 5.97 Å². The third-order valence-corrected chi connectivity index (χ3v) is 10.8. The van der Waals surface area contributed by atoms with Gasteiger partial charge in [0.2, 0.25) is 5.91 Å². The average molecular weight is 658 g/mol. The molecule has 0 aromatic heterocycles. The first kappa shape index (κ1) is 35.4. The molecule has 5 rings (SSSR count). The molecular weight excluding hydrogens is 606 g/mol. The fourth-order valence-corrected chi connectivity index (χ4v) is 8.36. The molecule has 7 atom stereocenters. The summed E-state index contributed by atoms with van der Waals surface area (Å²) in [7, 11) is 0. The first-order valence-corrected chi connectivity index (χ1v) is 17.4. The van der Waals surface area contributed by atoms with Crippen LogP contribution in [0.25, 0.3) is 0 Å². The second-order valence-electron chi connectivity index (χ2n) is 13.4. The van der Waals surface area contributed by atoms with Gasteiger partial charge in [-0.05, 0) is 82.2 Å². The number of allylic oxidation sites excluding steroid dienone is 1. The summed E-state index contributed by atoms with van der Waals surface area (Å²) in [5, 5.41) is 10.9. The largest absolute Gasteiger partial charge is 0.465 e. The van der Waals surface area contributed by atoms with Crippen LogP contribution >= 0.6 is 0 Å². The lowest BCUT2D eigenvalue weighted by Gasteiger charge is -2.39. The number of carbonyl (C=O) groups excluding carboxylic acids is 3. The maximum atomic E-state index is 15.1. The van der Waals surface area contributed by atoms with Gasteiger partial charge < -0.3 is 29.3 Å². The SMILES string of the molecule is C=CCCCCOC(=O)[C@@H]1[C@H]2C(=O)N([C@H](CO)c3ccccc3)C(C(=O)N(CC=C)c3ccc(N(CC)CC)cc3)C23CC(C)[C@@]1(C)O3. The molecule has 3 saturated heterocycles. The standard InChI is InChI=1S/C39H51N3O6/c1-7-11-12-16-24-47-37(46)33-32-35(44)42(31(26-43)28-17-14-13-15-18-28)34(39(32)25-27(5)38(33,6)48-39)36(45)41(23-8-2)30-21-19-29(20-22-30)40(9-3)10-4/h7-8,13-15,17-22,27,31-34,43H,1-2,9-12,16,23-26H2,3-6H3/t27?,31-,32+,33+,34?,38-,39?/m1/s1. The number of likely N-dealkylation sites (tertiary alicyclic amines) is 1. The summed E-state index contributed by atoms with van der Waals surface area (Å²) >= 11 is 0. The fourth-order valence-electron chi connectivity index (χ4n) is 8.36. The number of aliphatic hydroxyl groups is 1. The molecule has 2 aromatic carbocycles. The summed E-state index contributed by atoms with van der Waals surface area (Å²) in [5.41, 5.74) is 0.0969. The Morgan fingerprint density at radius 1 is 1.06 bits per heavy atom. The fraction of sp³-hybridized carbons (Fsp3) is 0.513. The minimum absolute atomic E-state index is 0.138. The number of hydrogen-bond acceptors (Lipinski definition) is 7. The molecule has 2 amide bonds. The van der Waals surface area contributed by atoms with Crippen molar-refractivity contribution in [1.82, 2.24) is 4.90 Å². The van der Waals surface area contributed by atoms with Crippen LogP contribution < -0.4 is 9.80 Å². The number of benzene rings is 2. The van der Waals surface area contributed by atoms with Gasteiger partial charge in [0.1, 0.15) is 17.6 Å². The molecular formula is C39H51N3O6. The van der Waals surface area contributed by atoms with Gasteiger partial charge in [-0.15, -0.1) is 13.2 Å². The molecule has 3 aliphatic heterocycles. The molecule has 3 heterocycles. The van der Waals surface area contributed by atoms with Crippen LogP contribution in [0.4, 0.5) is 11.4 Å². The van der Waals surface area contributed by atoms with Crippen LogP contribution in [0.2, 0.25) is 0 Å². The molecule has 3 aliphatic rings. The summed E-state index contributed by atoms with van der Waals surface area (Å²) in [6.45, 7) is 17.5. The number of unbranched alkanes of at least 4 members (excludes halogenated alkanes) is 2. The summed E-state index contributed by atoms with van der Waals surface area (Å²) in [6.07, 6.45) is 6.25. The number of fused-ring (bicyclic) bond motifs is 1. The first-order chi connectivity index (χ1) is 23.1. The molecule has 9 nitrogen and oxygen atoms in total. The van der Waals surface area contributed by atoms with E-state index in [2.05, 4.69) is 31.9 Å². The van der Waals surface area contributed by atoms with Crippen LogP contribution in [0.5, 0.6) is 0 Å². The van der Waals surface area contributed by atoms with Gasteiger partial charge in [-0.3, -0.25) is 14.4 Å². The zero-order valence-corrected chi connectivity index (χ0v) is 28.8. The van der Waals surface area contributed by atoms with Gasteiger partial charge in [0.05, 0.1) is 30.8 Å². The Balaban J connectivity index is 1.59. The second kappa shape index (κ2) is 14.7. The Morgan fingerprint density at radius 3 is 2.33 bits per heavy atom. The molecule has 1 N–H and O–H groups in total. The maximum Gasteiger partial charge on any atom is 0.312 e. The van der Waals surface area contributed by atoms with Crippen molar-refractivity contribution in [3.63, 3.8) is 0 Å². The molecule has 3 fully saturated rings. The molecule has 2 aromatic rings. The van der Waals surface area contributed by atoms with Crippen LogP contribution in [0.15, 0.2) is 79.9 Å². The van der Waals surface area contributed by atoms with E-state index >= 15 is 4.79 Å². The number of rotatable bonds is 16. The lowest BCUT2D eigenvalue weighted by Crippen LogP contribution is -2.57. The van der Waals surface area contributed by atoms with Crippen molar-refractivity contribution in [2.45, 2.75) is 76.7 Å². The molecule has 2 bridgehead atoms. The van der Waals surface area contributed by atoms with E-state index in [1.807, 2.05) is 74.5 Å². The lowest BCUT2D eigenvalue weighted by atomic mass is 9.62. The number of hydrogen-bond donors (Lipinski definition) is 1. The molecule has 258 valence electrons. The van der Waals surface area contributed by atoms with Gasteiger partial charge in [-0.2, -0.15) is 0 Å². The minimum Gasteiger partial charge on any atom is -0.465 e. The highest BCUT2D eigenvalue weighted by atomic mass is 16.6. The number of carbonyl (C=O) groups is 3. The molecule has 3 unspecified atom stereocenters. The van der Waals surface area contributed by atoms with E-state index in [1.165, 1.54) is 4.90 Å². The maximum absolute atomic E-state index is 15.1. The number of nitrogens with zero attached hydrogens (tertiary/aromatic N) is 3. The smallest absolute Gasteiger partial charge is 0.312 e. The normalized spacial score (nSPS) is 27.8. The van der Waals surface area contributed by atoms with Gasteiger partial charge in [-0.1, -0.05) is 49.4 Å². The highest BCUT2D eigenvalue weighted by Gasteiger charge is 2.81. The molecule has 0 aliphatic carbocycles. The Bertz CT molecular complexity index is 1480. The number of ether oxygens (including phenoxy) is 2. The Hall–Kier alpha value is -3.95. The number of aliphatic hydroxyl groups excluding tert-OH is 1. The summed E-state index contributed by atoms with van der Waals surface area (Å²) in [5.74, 6) is -3.18. The van der Waals surface area contributed by atoms with Gasteiger partial charge in [-0.25, -0.2) is 0 Å². The van der Waals surface area contributed by atoms with Gasteiger partial charge in [0.25, 0.3) is 5.91 Å². The number of anilines is 2. The lowest BCUT2D eigenvalue weighted by molar-refractivity contribution is -0.162. The number of amides is 2. The van der Waals surface area contributed by atoms with Gasteiger partial charge in [0, 0.05) is 31.0 Å². The quantitative estimate of drug-likeness (QED) is 0.141. The first-order valence-electron chi connectivity index (χ1n) is 17.4. The van der Waals surface area contributed by atoms with Crippen molar-refractivity contribution >= 4 is 29.2 Å². The summed E-state index contributed by atoms with van der Waals surface area (Å²) < 4.78 is 12.7. The third kappa shape index (κ3) is 5.96. The van der Waals surface area contributed by atoms with Crippen LogP contribution in [-0.4, -0.2) is 77.9 Å². The third-order valence-electron chi connectivity index (χ3n) is 10.8. The van der Waals surface area contributed by atoms with E-state index in [-0.39, 0.29) is 30.9 Å². The predicted molar refractivity (Wildman–Crippen MR) is 187 cm³/mol. The van der Waals surface area contributed by atoms with E-state index in [0.29, 0.717) is 24.1 Å². The highest BCUT2D eigenvalue weighted by molar-refractivity contribution is 6.05. The Kier molecular flexibility index (Phi) is 10.8. The molecule has 0 radical (unpaired) electrons. The van der Waals surface area contributed by atoms with Crippen LogP contribution in [0.3, 0.4) is 0 Å². The van der Waals surface area contributed by atoms with Crippen LogP contribution in [-0.2, 0) is 23.9 Å². The van der Waals surface area contributed by atoms with E-state index in [0.717, 1.165) is 31.6 Å². The zero-order chi connectivity index (χ0) is 34.6. The molecule has 1 spiro atoms. The van der Waals surface area contributed by atoms with E-state index < -0.39 is 47.7 Å². The topological polar surface area (TPSA) is 99.6 Å². The van der Waals surface area contributed by atoms with Crippen molar-refractivity contribution in [2.75, 3.05) is 42.6 Å². The minimum atomic E-state index is -1.29. The Labute approximate surface area is 285 Å². The van der Waals surface area contributed by atoms with Crippen molar-refractivity contribution in [3.8, 4) is 0 Å². The van der Waals surface area contributed by atoms with E-state index in [9.17, 15) is 14.7 Å². The monoisotopic (exact) mass is 657 g/mol. The average Bonchev–Trinajstić information content (AvgIpc) is 3.61. The second-order valence-corrected chi connectivity index (χ2v) is 13.4. The molecule has 9 heteroatoms. The summed E-state index contributed by atoms with van der Waals surface area (Å²) in [4.78, 5) is 49.3. The van der Waals surface area contributed by atoms with Crippen molar-refractivity contribution in [2.24, 2.45) is 17.8 Å². The zero-order valence-electron chi connectivity index (χ0n) is 28.8. The van der Waals surface area contributed by atoms with Crippen molar-refractivity contribution < 1.29 is 29.0 Å². The van der Waals surface area contributed by atoms with E-state index in [1.54, 1.807) is 11.0 Å². The molecule has 0 saturated carbocycles. The van der Waals surface area contributed by atoms with Crippen molar-refractivity contribution in [3.05, 3.63) is 85.5 Å². The highest BCUT2D eigenvalue weighted by Crippen LogP contribution is 2.66. The van der Waals surface area contributed by atoms with Crippen molar-refractivity contribution in [1.29, 1.82) is 0 Å². The predicted octanol–water partition coefficient (Wildman–Crippen LogP) is 5.70. The number of esters is 1. The van der Waals surface area contributed by atoms with E-state index in [4.69, 9.17) is 9.47 Å². The van der Waals surface area contributed by atoms with Crippen LogP contribution in [0, 0.1) is 17.8 Å². The van der Waals surface area contributed by atoms with Crippen LogP contribution in [0.1, 0.15) is 65.0 Å².